The summed E-state index contributed by atoms with van der Waals surface area (Å²) in [5, 5.41) is 0. The normalized spacial score (nSPS) is 13.8. The van der Waals surface area contributed by atoms with Crippen molar-refractivity contribution in [2.24, 2.45) is 5.41 Å². The molecule has 1 heteroatoms. The van der Waals surface area contributed by atoms with Gasteiger partial charge in [0.1, 0.15) is 0 Å². The summed E-state index contributed by atoms with van der Waals surface area (Å²) in [6.45, 7) is 17.8. The molecule has 0 aliphatic rings. The van der Waals surface area contributed by atoms with Gasteiger partial charge in [0.25, 0.3) is 0 Å². The number of hydrogen-bond donors (Lipinski definition) is 0. The van der Waals surface area contributed by atoms with Crippen molar-refractivity contribution in [2.45, 2.75) is 41.4 Å². The minimum absolute atomic E-state index is 0.212. The van der Waals surface area contributed by atoms with E-state index < -0.39 is 0 Å². The second-order valence-electron chi connectivity index (χ2n) is 6.55. The smallest absolute Gasteiger partial charge is 0.0996 e. The van der Waals surface area contributed by atoms with E-state index in [1.54, 1.807) is 0 Å². The number of benzene rings is 1. The Bertz CT molecular complexity index is 512. The molecule has 0 spiro atoms. The van der Waals surface area contributed by atoms with Crippen LogP contribution in [-0.4, -0.2) is 6.71 Å². The molecular formula is C19H27B. The van der Waals surface area contributed by atoms with Gasteiger partial charge in [0.15, 0.2) is 0 Å². The Balaban J connectivity index is 3.17. The van der Waals surface area contributed by atoms with Crippen molar-refractivity contribution in [1.29, 1.82) is 0 Å². The largest absolute Gasteiger partial charge is 0.206 e. The van der Waals surface area contributed by atoms with Crippen LogP contribution in [0, 0.1) is 5.41 Å². The first-order valence-corrected chi connectivity index (χ1v) is 7.34. The van der Waals surface area contributed by atoms with Gasteiger partial charge in [-0.2, -0.15) is 0 Å². The molecule has 0 unspecified atom stereocenters. The van der Waals surface area contributed by atoms with E-state index in [0.29, 0.717) is 6.71 Å². The highest BCUT2D eigenvalue weighted by Crippen LogP contribution is 2.26. The van der Waals surface area contributed by atoms with Gasteiger partial charge in [-0.25, -0.2) is 0 Å². The van der Waals surface area contributed by atoms with Gasteiger partial charge in [0.05, 0.1) is 0 Å². The van der Waals surface area contributed by atoms with Crippen LogP contribution in [0.5, 0.6) is 0 Å². The van der Waals surface area contributed by atoms with E-state index >= 15 is 0 Å². The van der Waals surface area contributed by atoms with Gasteiger partial charge >= 0.3 is 0 Å². The van der Waals surface area contributed by atoms with E-state index in [-0.39, 0.29) is 5.41 Å². The Labute approximate surface area is 125 Å². The van der Waals surface area contributed by atoms with Crippen LogP contribution in [0.25, 0.3) is 0 Å². The monoisotopic (exact) mass is 266 g/mol. The first kappa shape index (κ1) is 16.6. The molecule has 0 N–H and O–H groups in total. The Morgan fingerprint density at radius 1 is 1.10 bits per heavy atom. The number of hydrogen-bond acceptors (Lipinski definition) is 0. The zero-order chi connectivity index (χ0) is 15.3. The second kappa shape index (κ2) is 6.79. The molecule has 0 amide bonds. The maximum absolute atomic E-state index is 4.01. The molecule has 0 saturated carbocycles. The molecule has 0 saturated heterocycles. The van der Waals surface area contributed by atoms with Gasteiger partial charge in [-0.1, -0.05) is 98.7 Å². The fourth-order valence-corrected chi connectivity index (χ4v) is 2.23. The van der Waals surface area contributed by atoms with Gasteiger partial charge in [-0.15, -0.1) is 0 Å². The summed E-state index contributed by atoms with van der Waals surface area (Å²) in [7, 11) is 0. The van der Waals surface area contributed by atoms with Gasteiger partial charge < -0.3 is 0 Å². The average molecular weight is 266 g/mol. The van der Waals surface area contributed by atoms with E-state index in [4.69, 9.17) is 0 Å². The van der Waals surface area contributed by atoms with Crippen LogP contribution in [-0.2, 0) is 0 Å². The van der Waals surface area contributed by atoms with Crippen LogP contribution >= 0.6 is 0 Å². The van der Waals surface area contributed by atoms with E-state index in [1.807, 2.05) is 6.08 Å². The van der Waals surface area contributed by atoms with Crippen molar-refractivity contribution in [3.63, 3.8) is 0 Å². The molecule has 0 atom stereocenters. The molecule has 0 heterocycles. The van der Waals surface area contributed by atoms with E-state index in [1.165, 1.54) is 22.1 Å². The molecule has 0 aromatic heterocycles. The maximum atomic E-state index is 4.01. The summed E-state index contributed by atoms with van der Waals surface area (Å²) >= 11 is 0. The average Bonchev–Trinajstić information content (AvgIpc) is 2.39. The SMILES string of the molecule is C=C/C(B(C)c1ccccc1)=C(C)\C=C(/C)C(C)(C)C. The molecule has 1 rings (SSSR count). The van der Waals surface area contributed by atoms with Gasteiger partial charge in [0, 0.05) is 0 Å². The molecule has 0 fully saturated rings. The summed E-state index contributed by atoms with van der Waals surface area (Å²) in [6, 6.07) is 10.6. The molecular weight excluding hydrogens is 239 g/mol. The Hall–Kier alpha value is -1.50. The van der Waals surface area contributed by atoms with E-state index in [2.05, 4.69) is 84.4 Å². The highest BCUT2D eigenvalue weighted by Gasteiger charge is 2.16. The lowest BCUT2D eigenvalue weighted by Gasteiger charge is -2.21. The zero-order valence-electron chi connectivity index (χ0n) is 13.8. The standard InChI is InChI=1S/C19H27B/c1-8-18(15(2)14-16(3)19(4,5)6)20(7)17-12-10-9-11-13-17/h8-14H,1H2,2-7H3/b16-14+,18-15+. The van der Waals surface area contributed by atoms with Crippen LogP contribution in [0.15, 0.2) is 65.7 Å². The number of allylic oxidation sites excluding steroid dienone is 5. The number of rotatable bonds is 4. The van der Waals surface area contributed by atoms with Crippen LogP contribution in [0.1, 0.15) is 34.6 Å². The van der Waals surface area contributed by atoms with Crippen LogP contribution in [0.4, 0.5) is 0 Å². The highest BCUT2D eigenvalue weighted by atomic mass is 14.2. The van der Waals surface area contributed by atoms with Gasteiger partial charge in [0.2, 0.25) is 6.71 Å². The lowest BCUT2D eigenvalue weighted by Crippen LogP contribution is -2.28. The van der Waals surface area contributed by atoms with Crippen LogP contribution in [0.2, 0.25) is 6.82 Å². The van der Waals surface area contributed by atoms with Crippen molar-refractivity contribution in [3.8, 4) is 0 Å². The van der Waals surface area contributed by atoms with Crippen molar-refractivity contribution >= 4 is 12.2 Å². The Kier molecular flexibility index (Phi) is 5.62. The van der Waals surface area contributed by atoms with Crippen molar-refractivity contribution < 1.29 is 0 Å². The Morgan fingerprint density at radius 3 is 2.10 bits per heavy atom. The lowest BCUT2D eigenvalue weighted by atomic mass is 9.41. The fourth-order valence-electron chi connectivity index (χ4n) is 2.23. The van der Waals surface area contributed by atoms with Crippen molar-refractivity contribution in [3.05, 3.63) is 65.7 Å². The quantitative estimate of drug-likeness (QED) is 0.528. The predicted octanol–water partition coefficient (Wildman–Crippen LogP) is 5.05. The van der Waals surface area contributed by atoms with E-state index in [9.17, 15) is 0 Å². The minimum Gasteiger partial charge on any atom is -0.0996 e. The third kappa shape index (κ3) is 4.26. The Morgan fingerprint density at radius 2 is 1.65 bits per heavy atom. The molecule has 0 bridgehead atoms. The summed E-state index contributed by atoms with van der Waals surface area (Å²) < 4.78 is 0. The molecule has 0 aliphatic heterocycles. The first-order chi connectivity index (χ1) is 9.27. The summed E-state index contributed by atoms with van der Waals surface area (Å²) in [4.78, 5) is 0. The third-order valence-electron chi connectivity index (χ3n) is 4.06. The molecule has 1 aromatic rings. The van der Waals surface area contributed by atoms with Crippen LogP contribution < -0.4 is 5.46 Å². The molecule has 0 aliphatic carbocycles. The summed E-state index contributed by atoms with van der Waals surface area (Å²) in [5.74, 6) is 0. The third-order valence-corrected chi connectivity index (χ3v) is 4.06. The molecule has 0 nitrogen and oxygen atoms in total. The van der Waals surface area contributed by atoms with Crippen molar-refractivity contribution in [1.82, 2.24) is 0 Å². The second-order valence-corrected chi connectivity index (χ2v) is 6.55. The molecule has 1 aromatic carbocycles. The van der Waals surface area contributed by atoms with Gasteiger partial charge in [-0.3, -0.25) is 0 Å². The summed E-state index contributed by atoms with van der Waals surface area (Å²) in [6.07, 6.45) is 4.30. The predicted molar refractivity (Wildman–Crippen MR) is 93.8 cm³/mol. The maximum Gasteiger partial charge on any atom is 0.206 e. The summed E-state index contributed by atoms with van der Waals surface area (Å²) in [5.41, 5.74) is 5.56. The van der Waals surface area contributed by atoms with Gasteiger partial charge in [-0.05, 0) is 19.3 Å². The zero-order valence-corrected chi connectivity index (χ0v) is 13.8. The fraction of sp³-hybridized carbons (Fsp3) is 0.368. The lowest BCUT2D eigenvalue weighted by molar-refractivity contribution is 0.503. The topological polar surface area (TPSA) is 0 Å². The van der Waals surface area contributed by atoms with Crippen molar-refractivity contribution in [2.75, 3.05) is 0 Å². The minimum atomic E-state index is 0.212. The van der Waals surface area contributed by atoms with E-state index in [0.717, 1.165) is 0 Å². The highest BCUT2D eigenvalue weighted by molar-refractivity contribution is 6.79. The first-order valence-electron chi connectivity index (χ1n) is 7.34. The molecule has 20 heavy (non-hydrogen) atoms. The molecule has 0 radical (unpaired) electrons. The van der Waals surface area contributed by atoms with Crippen LogP contribution in [0.3, 0.4) is 0 Å². The molecule has 106 valence electrons.